The summed E-state index contributed by atoms with van der Waals surface area (Å²) in [4.78, 5) is 25.7. The molecular formula is C20H19ClN4OS. The molecule has 3 heterocycles. The average Bonchev–Trinajstić information content (AvgIpc) is 3.18. The van der Waals surface area contributed by atoms with Gasteiger partial charge in [0.25, 0.3) is 5.91 Å². The van der Waals surface area contributed by atoms with Crippen molar-refractivity contribution in [1.29, 1.82) is 0 Å². The quantitative estimate of drug-likeness (QED) is 0.622. The number of hydrogen-bond acceptors (Lipinski definition) is 5. The van der Waals surface area contributed by atoms with E-state index in [1.54, 1.807) is 6.07 Å². The first-order valence-electron chi connectivity index (χ1n) is 8.79. The van der Waals surface area contributed by atoms with Gasteiger partial charge in [0.05, 0.1) is 0 Å². The van der Waals surface area contributed by atoms with Gasteiger partial charge in [0.15, 0.2) is 0 Å². The van der Waals surface area contributed by atoms with Crippen molar-refractivity contribution in [2.75, 3.05) is 31.1 Å². The van der Waals surface area contributed by atoms with E-state index >= 15 is 0 Å². The largest absolute Gasteiger partial charge is 0.353 e. The number of rotatable bonds is 3. The third-order valence-corrected chi connectivity index (χ3v) is 5.71. The van der Waals surface area contributed by atoms with E-state index in [0.29, 0.717) is 23.9 Å². The summed E-state index contributed by atoms with van der Waals surface area (Å²) in [5.41, 5.74) is 2.77. The Morgan fingerprint density at radius 3 is 2.48 bits per heavy atom. The monoisotopic (exact) mass is 398 g/mol. The fourth-order valence-electron chi connectivity index (χ4n) is 3.07. The van der Waals surface area contributed by atoms with Crippen molar-refractivity contribution in [3.8, 4) is 10.6 Å². The number of nitrogens with zero attached hydrogens (tertiary/aromatic N) is 4. The Kier molecular flexibility index (Phi) is 5.09. The van der Waals surface area contributed by atoms with E-state index in [-0.39, 0.29) is 5.91 Å². The number of anilines is 1. The van der Waals surface area contributed by atoms with Crippen LogP contribution in [0.2, 0.25) is 5.15 Å². The first kappa shape index (κ1) is 17.9. The number of aromatic nitrogens is 2. The number of amides is 1. The molecule has 0 atom stereocenters. The van der Waals surface area contributed by atoms with Crippen LogP contribution in [0.1, 0.15) is 16.1 Å². The van der Waals surface area contributed by atoms with Crippen LogP contribution in [-0.4, -0.2) is 47.0 Å². The Hall–Kier alpha value is -2.44. The van der Waals surface area contributed by atoms with Crippen molar-refractivity contribution >= 4 is 34.7 Å². The minimum atomic E-state index is -0.0108. The molecule has 27 heavy (non-hydrogen) atoms. The van der Waals surface area contributed by atoms with Gasteiger partial charge >= 0.3 is 0 Å². The van der Waals surface area contributed by atoms with E-state index in [1.807, 2.05) is 34.5 Å². The highest BCUT2D eigenvalue weighted by atomic mass is 35.5. The molecule has 138 valence electrons. The SMILES string of the molecule is Cc1ccc(-c2nc(C(=O)N3CCN(c4cccc(Cl)n4)CC3)cs2)cc1. The van der Waals surface area contributed by atoms with E-state index in [1.165, 1.54) is 16.9 Å². The summed E-state index contributed by atoms with van der Waals surface area (Å²) in [6, 6.07) is 13.8. The molecule has 1 aromatic carbocycles. The number of halogens is 1. The molecule has 0 N–H and O–H groups in total. The van der Waals surface area contributed by atoms with E-state index in [4.69, 9.17) is 11.6 Å². The standard InChI is InChI=1S/C20H19ClN4OS/c1-14-5-7-15(8-6-14)19-22-16(13-27-19)20(26)25-11-9-24(10-12-25)18-4-2-3-17(21)23-18/h2-8,13H,9-12H2,1H3. The summed E-state index contributed by atoms with van der Waals surface area (Å²) in [6.07, 6.45) is 0. The molecule has 2 aromatic heterocycles. The van der Waals surface area contributed by atoms with Crippen LogP contribution in [0, 0.1) is 6.92 Å². The summed E-state index contributed by atoms with van der Waals surface area (Å²) >= 11 is 7.48. The van der Waals surface area contributed by atoms with Gasteiger partial charge in [0.1, 0.15) is 21.7 Å². The molecule has 1 amide bonds. The highest BCUT2D eigenvalue weighted by molar-refractivity contribution is 7.13. The summed E-state index contributed by atoms with van der Waals surface area (Å²) in [7, 11) is 0. The van der Waals surface area contributed by atoms with Crippen molar-refractivity contribution in [3.05, 3.63) is 64.3 Å². The second kappa shape index (κ2) is 7.66. The highest BCUT2D eigenvalue weighted by Crippen LogP contribution is 2.25. The Bertz CT molecular complexity index is 949. The Morgan fingerprint density at radius 1 is 1.04 bits per heavy atom. The minimum absolute atomic E-state index is 0.0108. The molecule has 7 heteroatoms. The van der Waals surface area contributed by atoms with Crippen LogP contribution in [0.15, 0.2) is 47.8 Å². The van der Waals surface area contributed by atoms with Crippen LogP contribution in [0.5, 0.6) is 0 Å². The van der Waals surface area contributed by atoms with Gasteiger partial charge in [-0.05, 0) is 19.1 Å². The predicted molar refractivity (Wildman–Crippen MR) is 110 cm³/mol. The zero-order valence-corrected chi connectivity index (χ0v) is 16.5. The Labute approximate surface area is 167 Å². The van der Waals surface area contributed by atoms with Crippen LogP contribution in [0.25, 0.3) is 10.6 Å². The Morgan fingerprint density at radius 2 is 1.78 bits per heavy atom. The van der Waals surface area contributed by atoms with Crippen LogP contribution in [0.3, 0.4) is 0 Å². The molecule has 5 nitrogen and oxygen atoms in total. The molecule has 4 rings (SSSR count). The predicted octanol–water partition coefficient (Wildman–Crippen LogP) is 4.13. The van der Waals surface area contributed by atoms with Crippen molar-refractivity contribution < 1.29 is 4.79 Å². The first-order chi connectivity index (χ1) is 13.1. The van der Waals surface area contributed by atoms with E-state index in [0.717, 1.165) is 29.5 Å². The number of carbonyl (C=O) groups is 1. The van der Waals surface area contributed by atoms with Gasteiger partial charge < -0.3 is 9.80 Å². The molecule has 1 aliphatic rings. The van der Waals surface area contributed by atoms with E-state index < -0.39 is 0 Å². The summed E-state index contributed by atoms with van der Waals surface area (Å²) < 4.78 is 0. The zero-order chi connectivity index (χ0) is 18.8. The zero-order valence-electron chi connectivity index (χ0n) is 14.9. The van der Waals surface area contributed by atoms with Gasteiger partial charge in [0, 0.05) is 37.1 Å². The van der Waals surface area contributed by atoms with Gasteiger partial charge in [-0.3, -0.25) is 4.79 Å². The number of hydrogen-bond donors (Lipinski definition) is 0. The molecular weight excluding hydrogens is 380 g/mol. The number of benzene rings is 1. The molecule has 1 fully saturated rings. The maximum Gasteiger partial charge on any atom is 0.273 e. The lowest BCUT2D eigenvalue weighted by Gasteiger charge is -2.35. The molecule has 3 aromatic rings. The number of carbonyl (C=O) groups excluding carboxylic acids is 1. The third kappa shape index (κ3) is 3.96. The molecule has 0 saturated carbocycles. The molecule has 1 aliphatic heterocycles. The van der Waals surface area contributed by atoms with E-state index in [9.17, 15) is 4.79 Å². The van der Waals surface area contributed by atoms with Crippen LogP contribution in [0.4, 0.5) is 5.82 Å². The molecule has 1 saturated heterocycles. The van der Waals surface area contributed by atoms with Crippen molar-refractivity contribution in [1.82, 2.24) is 14.9 Å². The third-order valence-electron chi connectivity index (χ3n) is 4.61. The lowest BCUT2D eigenvalue weighted by molar-refractivity contribution is 0.0741. The molecule has 0 aliphatic carbocycles. The summed E-state index contributed by atoms with van der Waals surface area (Å²) in [6.45, 7) is 4.80. The topological polar surface area (TPSA) is 49.3 Å². The van der Waals surface area contributed by atoms with Gasteiger partial charge in [-0.2, -0.15) is 0 Å². The summed E-state index contributed by atoms with van der Waals surface area (Å²) in [5.74, 6) is 0.841. The van der Waals surface area contributed by atoms with Crippen LogP contribution in [-0.2, 0) is 0 Å². The van der Waals surface area contributed by atoms with Crippen molar-refractivity contribution in [3.63, 3.8) is 0 Å². The van der Waals surface area contributed by atoms with Gasteiger partial charge in [-0.15, -0.1) is 11.3 Å². The Balaban J connectivity index is 1.42. The van der Waals surface area contributed by atoms with E-state index in [2.05, 4.69) is 33.9 Å². The maximum absolute atomic E-state index is 12.8. The number of aryl methyl sites for hydroxylation is 1. The molecule has 0 spiro atoms. The fourth-order valence-corrected chi connectivity index (χ4v) is 4.03. The van der Waals surface area contributed by atoms with Gasteiger partial charge in [-0.1, -0.05) is 47.5 Å². The van der Waals surface area contributed by atoms with Crippen LogP contribution >= 0.6 is 22.9 Å². The van der Waals surface area contributed by atoms with Gasteiger partial charge in [-0.25, -0.2) is 9.97 Å². The lowest BCUT2D eigenvalue weighted by Crippen LogP contribution is -2.49. The van der Waals surface area contributed by atoms with Crippen molar-refractivity contribution in [2.45, 2.75) is 6.92 Å². The maximum atomic E-state index is 12.8. The van der Waals surface area contributed by atoms with Crippen molar-refractivity contribution in [2.24, 2.45) is 0 Å². The smallest absolute Gasteiger partial charge is 0.273 e. The number of piperazine rings is 1. The fraction of sp³-hybridized carbons (Fsp3) is 0.250. The highest BCUT2D eigenvalue weighted by Gasteiger charge is 2.24. The second-order valence-corrected chi connectivity index (χ2v) is 7.75. The van der Waals surface area contributed by atoms with Gasteiger partial charge in [0.2, 0.25) is 0 Å². The average molecular weight is 399 g/mol. The number of thiazole rings is 1. The summed E-state index contributed by atoms with van der Waals surface area (Å²) in [5, 5.41) is 3.21. The normalized spacial score (nSPS) is 14.4. The number of pyridine rings is 1. The molecule has 0 bridgehead atoms. The molecule has 0 radical (unpaired) electrons. The minimum Gasteiger partial charge on any atom is -0.353 e. The lowest BCUT2D eigenvalue weighted by atomic mass is 10.2. The second-order valence-electron chi connectivity index (χ2n) is 6.50. The molecule has 0 unspecified atom stereocenters. The van der Waals surface area contributed by atoms with Crippen LogP contribution < -0.4 is 4.90 Å². The first-order valence-corrected chi connectivity index (χ1v) is 10.1.